The predicted octanol–water partition coefficient (Wildman–Crippen LogP) is 3.17. The number of hydrogen-bond donors (Lipinski definition) is 2. The number of nitrogens with zero attached hydrogens (tertiary/aromatic N) is 1. The van der Waals surface area contributed by atoms with E-state index in [4.69, 9.17) is 0 Å². The molecule has 1 aromatic heterocycles. The van der Waals surface area contributed by atoms with Crippen molar-refractivity contribution in [3.63, 3.8) is 0 Å². The SMILES string of the molecule is CC(C)(C)c1ccc(O)c([C@H](O)c2cccnc2)c1. The van der Waals surface area contributed by atoms with Gasteiger partial charge in [-0.25, -0.2) is 0 Å². The van der Waals surface area contributed by atoms with Crippen LogP contribution in [0, 0.1) is 0 Å². The summed E-state index contributed by atoms with van der Waals surface area (Å²) in [6, 6.07) is 8.93. The minimum absolute atomic E-state index is 0.0306. The molecular formula is C16H19NO2. The van der Waals surface area contributed by atoms with Crippen molar-refractivity contribution in [1.82, 2.24) is 4.98 Å². The summed E-state index contributed by atoms with van der Waals surface area (Å²) >= 11 is 0. The molecule has 0 aliphatic carbocycles. The molecule has 1 heterocycles. The Labute approximate surface area is 113 Å². The van der Waals surface area contributed by atoms with Crippen LogP contribution in [0.2, 0.25) is 0 Å². The zero-order valence-electron chi connectivity index (χ0n) is 11.5. The number of aromatic hydroxyl groups is 1. The second-order valence-corrected chi connectivity index (χ2v) is 5.71. The smallest absolute Gasteiger partial charge is 0.121 e. The molecule has 1 aromatic carbocycles. The first-order valence-corrected chi connectivity index (χ1v) is 6.31. The maximum atomic E-state index is 10.4. The van der Waals surface area contributed by atoms with Gasteiger partial charge in [-0.1, -0.05) is 32.9 Å². The van der Waals surface area contributed by atoms with Crippen molar-refractivity contribution in [2.24, 2.45) is 0 Å². The van der Waals surface area contributed by atoms with Gasteiger partial charge in [0.05, 0.1) is 0 Å². The standard InChI is InChI=1S/C16H19NO2/c1-16(2,3)12-6-7-14(18)13(9-12)15(19)11-5-4-8-17-10-11/h4-10,15,18-19H,1-3H3/t15-/m1/s1. The fourth-order valence-electron chi connectivity index (χ4n) is 1.96. The van der Waals surface area contributed by atoms with Crippen LogP contribution in [0.5, 0.6) is 5.75 Å². The van der Waals surface area contributed by atoms with Gasteiger partial charge in [0.15, 0.2) is 0 Å². The molecule has 1 atom stereocenters. The quantitative estimate of drug-likeness (QED) is 0.868. The number of aliphatic hydroxyl groups is 1. The maximum absolute atomic E-state index is 10.4. The average molecular weight is 257 g/mol. The second kappa shape index (κ2) is 5.02. The lowest BCUT2D eigenvalue weighted by Gasteiger charge is -2.22. The maximum Gasteiger partial charge on any atom is 0.121 e. The van der Waals surface area contributed by atoms with Crippen LogP contribution in [-0.4, -0.2) is 15.2 Å². The molecule has 0 radical (unpaired) electrons. The zero-order valence-corrected chi connectivity index (χ0v) is 11.5. The third kappa shape index (κ3) is 2.93. The third-order valence-electron chi connectivity index (χ3n) is 3.19. The third-order valence-corrected chi connectivity index (χ3v) is 3.19. The van der Waals surface area contributed by atoms with Crippen LogP contribution < -0.4 is 0 Å². The summed E-state index contributed by atoms with van der Waals surface area (Å²) in [4.78, 5) is 3.99. The summed E-state index contributed by atoms with van der Waals surface area (Å²) in [6.07, 6.45) is 2.39. The number of aliphatic hydroxyl groups excluding tert-OH is 1. The van der Waals surface area contributed by atoms with Gasteiger partial charge in [0.1, 0.15) is 11.9 Å². The van der Waals surface area contributed by atoms with E-state index in [0.717, 1.165) is 5.56 Å². The topological polar surface area (TPSA) is 53.4 Å². The van der Waals surface area contributed by atoms with Gasteiger partial charge in [-0.15, -0.1) is 0 Å². The second-order valence-electron chi connectivity index (χ2n) is 5.71. The van der Waals surface area contributed by atoms with Crippen molar-refractivity contribution in [3.8, 4) is 5.75 Å². The van der Waals surface area contributed by atoms with E-state index in [0.29, 0.717) is 11.1 Å². The summed E-state index contributed by atoms with van der Waals surface area (Å²) in [5.74, 6) is 0.101. The highest BCUT2D eigenvalue weighted by molar-refractivity contribution is 5.43. The molecule has 0 amide bonds. The number of phenolic OH excluding ortho intramolecular Hbond substituents is 1. The fraction of sp³-hybridized carbons (Fsp3) is 0.312. The van der Waals surface area contributed by atoms with E-state index in [9.17, 15) is 10.2 Å². The highest BCUT2D eigenvalue weighted by Gasteiger charge is 2.19. The lowest BCUT2D eigenvalue weighted by molar-refractivity contribution is 0.215. The summed E-state index contributed by atoms with van der Waals surface area (Å²) in [7, 11) is 0. The van der Waals surface area contributed by atoms with Crippen molar-refractivity contribution in [2.45, 2.75) is 32.3 Å². The molecule has 2 rings (SSSR count). The number of pyridine rings is 1. The Morgan fingerprint density at radius 2 is 1.89 bits per heavy atom. The van der Waals surface area contributed by atoms with Crippen LogP contribution >= 0.6 is 0 Å². The Morgan fingerprint density at radius 3 is 2.47 bits per heavy atom. The van der Waals surface area contributed by atoms with Crippen LogP contribution in [0.15, 0.2) is 42.7 Å². The molecule has 0 saturated carbocycles. The lowest BCUT2D eigenvalue weighted by atomic mass is 9.85. The van der Waals surface area contributed by atoms with Gasteiger partial charge >= 0.3 is 0 Å². The number of aromatic nitrogens is 1. The summed E-state index contributed by atoms with van der Waals surface area (Å²) in [5.41, 5.74) is 2.23. The Morgan fingerprint density at radius 1 is 1.16 bits per heavy atom. The predicted molar refractivity (Wildman–Crippen MR) is 75.1 cm³/mol. The highest BCUT2D eigenvalue weighted by atomic mass is 16.3. The molecule has 19 heavy (non-hydrogen) atoms. The summed E-state index contributed by atoms with van der Waals surface area (Å²) in [5, 5.41) is 20.3. The van der Waals surface area contributed by atoms with Gasteiger partial charge in [-0.3, -0.25) is 4.98 Å². The van der Waals surface area contributed by atoms with Crippen LogP contribution in [0.3, 0.4) is 0 Å². The summed E-state index contributed by atoms with van der Waals surface area (Å²) in [6.45, 7) is 6.29. The molecule has 3 heteroatoms. The molecule has 100 valence electrons. The largest absolute Gasteiger partial charge is 0.508 e. The Balaban J connectivity index is 2.45. The van der Waals surface area contributed by atoms with E-state index in [1.807, 2.05) is 12.1 Å². The fourth-order valence-corrected chi connectivity index (χ4v) is 1.96. The molecule has 2 N–H and O–H groups in total. The van der Waals surface area contributed by atoms with E-state index >= 15 is 0 Å². The first-order valence-electron chi connectivity index (χ1n) is 6.31. The highest BCUT2D eigenvalue weighted by Crippen LogP contribution is 2.33. The molecule has 0 unspecified atom stereocenters. The van der Waals surface area contributed by atoms with Crippen LogP contribution in [-0.2, 0) is 5.41 Å². The molecule has 0 saturated heterocycles. The Bertz CT molecular complexity index is 559. The Kier molecular flexibility index (Phi) is 3.58. The number of rotatable bonds is 2. The Hall–Kier alpha value is -1.87. The van der Waals surface area contributed by atoms with Gasteiger partial charge in [0, 0.05) is 23.5 Å². The lowest BCUT2D eigenvalue weighted by Crippen LogP contribution is -2.12. The van der Waals surface area contributed by atoms with E-state index in [-0.39, 0.29) is 11.2 Å². The van der Waals surface area contributed by atoms with Crippen molar-refractivity contribution in [1.29, 1.82) is 0 Å². The molecule has 0 bridgehead atoms. The minimum atomic E-state index is -0.865. The number of benzene rings is 1. The van der Waals surface area contributed by atoms with E-state index < -0.39 is 6.10 Å². The molecule has 0 fully saturated rings. The number of phenols is 1. The minimum Gasteiger partial charge on any atom is -0.508 e. The van der Waals surface area contributed by atoms with Crippen LogP contribution in [0.4, 0.5) is 0 Å². The molecular weight excluding hydrogens is 238 g/mol. The molecule has 0 aliphatic rings. The van der Waals surface area contributed by atoms with Crippen molar-refractivity contribution >= 4 is 0 Å². The summed E-state index contributed by atoms with van der Waals surface area (Å²) < 4.78 is 0. The first kappa shape index (κ1) is 13.6. The molecule has 0 spiro atoms. The average Bonchev–Trinajstić information content (AvgIpc) is 2.38. The van der Waals surface area contributed by atoms with E-state index in [2.05, 4.69) is 25.8 Å². The molecule has 0 aliphatic heterocycles. The molecule has 2 aromatic rings. The molecule has 3 nitrogen and oxygen atoms in total. The van der Waals surface area contributed by atoms with Gasteiger partial charge in [-0.2, -0.15) is 0 Å². The van der Waals surface area contributed by atoms with Gasteiger partial charge in [0.2, 0.25) is 0 Å². The van der Waals surface area contributed by atoms with Crippen molar-refractivity contribution in [2.75, 3.05) is 0 Å². The van der Waals surface area contributed by atoms with Gasteiger partial charge in [-0.05, 0) is 29.2 Å². The van der Waals surface area contributed by atoms with Crippen molar-refractivity contribution in [3.05, 3.63) is 59.4 Å². The van der Waals surface area contributed by atoms with Crippen molar-refractivity contribution < 1.29 is 10.2 Å². The zero-order chi connectivity index (χ0) is 14.0. The van der Waals surface area contributed by atoms with Crippen LogP contribution in [0.25, 0.3) is 0 Å². The van der Waals surface area contributed by atoms with E-state index in [1.165, 1.54) is 0 Å². The van der Waals surface area contributed by atoms with Crippen LogP contribution in [0.1, 0.15) is 43.6 Å². The van der Waals surface area contributed by atoms with Gasteiger partial charge < -0.3 is 10.2 Å². The monoisotopic (exact) mass is 257 g/mol. The normalized spacial score (nSPS) is 13.3. The number of hydrogen-bond acceptors (Lipinski definition) is 3. The van der Waals surface area contributed by atoms with E-state index in [1.54, 1.807) is 30.6 Å². The first-order chi connectivity index (χ1) is 8.89. The van der Waals surface area contributed by atoms with Gasteiger partial charge in [0.25, 0.3) is 0 Å².